The third-order valence-corrected chi connectivity index (χ3v) is 8.18. The minimum atomic E-state index is -1.08. The van der Waals surface area contributed by atoms with E-state index in [0.29, 0.717) is 30.6 Å². The minimum absolute atomic E-state index is 0.0400. The lowest BCUT2D eigenvalue weighted by molar-refractivity contribution is -0.141. The Labute approximate surface area is 184 Å². The fraction of sp³-hybridized carbons (Fsp3) is 0.636. The molecule has 1 aromatic rings. The quantitative estimate of drug-likeness (QED) is 0.666. The van der Waals surface area contributed by atoms with Crippen molar-refractivity contribution in [1.29, 1.82) is 0 Å². The molecule has 1 N–H and O–H groups in total. The molecule has 162 valence electrons. The molecule has 6 rings (SSSR count). The van der Waals surface area contributed by atoms with Gasteiger partial charge in [0.2, 0.25) is 0 Å². The van der Waals surface area contributed by atoms with E-state index >= 15 is 0 Å². The van der Waals surface area contributed by atoms with E-state index in [2.05, 4.69) is 0 Å². The van der Waals surface area contributed by atoms with Crippen molar-refractivity contribution >= 4 is 35.1 Å². The standard InChI is InChI=1S/C22H24Cl2FNO4/c23-15-6-14(20(27)26-3-1-2-17(26)21(28)29)16(25)7-18(15)30-19-12-4-11-5-13(19)10-22(24,8-11)9-12/h6-7,11-13,17,19H,1-5,8-10H2,(H,28,29)/t11-,12+,13-,17-,19?,22-/m0/s1. The summed E-state index contributed by atoms with van der Waals surface area (Å²) in [5.74, 6) is -0.896. The minimum Gasteiger partial charge on any atom is -0.488 e. The molecule has 5 nitrogen and oxygen atoms in total. The molecule has 4 saturated carbocycles. The van der Waals surface area contributed by atoms with Crippen molar-refractivity contribution in [3.63, 3.8) is 0 Å². The van der Waals surface area contributed by atoms with E-state index in [1.165, 1.54) is 17.0 Å². The molecule has 4 bridgehead atoms. The number of carboxylic acids is 1. The summed E-state index contributed by atoms with van der Waals surface area (Å²) in [4.78, 5) is 25.2. The number of benzene rings is 1. The maximum absolute atomic E-state index is 14.9. The Morgan fingerprint density at radius 1 is 1.20 bits per heavy atom. The summed E-state index contributed by atoms with van der Waals surface area (Å²) in [5, 5.41) is 9.47. The fourth-order valence-corrected chi connectivity index (χ4v) is 7.24. The Morgan fingerprint density at radius 3 is 2.53 bits per heavy atom. The van der Waals surface area contributed by atoms with Crippen LogP contribution in [0.2, 0.25) is 5.02 Å². The van der Waals surface area contributed by atoms with Crippen LogP contribution in [0.3, 0.4) is 0 Å². The number of nitrogens with zero attached hydrogens (tertiary/aromatic N) is 1. The Morgan fingerprint density at radius 2 is 1.90 bits per heavy atom. The predicted octanol–water partition coefficient (Wildman–Crippen LogP) is 4.73. The van der Waals surface area contributed by atoms with E-state index in [1.54, 1.807) is 0 Å². The topological polar surface area (TPSA) is 66.8 Å². The fourth-order valence-electron chi connectivity index (χ4n) is 6.42. The summed E-state index contributed by atoms with van der Waals surface area (Å²) in [7, 11) is 0. The Hall–Kier alpha value is -1.53. The van der Waals surface area contributed by atoms with Crippen LogP contribution >= 0.6 is 23.2 Å². The van der Waals surface area contributed by atoms with E-state index in [-0.39, 0.29) is 33.9 Å². The van der Waals surface area contributed by atoms with Crippen molar-refractivity contribution in [2.24, 2.45) is 17.8 Å². The van der Waals surface area contributed by atoms with Gasteiger partial charge in [-0.2, -0.15) is 0 Å². The number of ether oxygens (including phenoxy) is 1. The lowest BCUT2D eigenvalue weighted by Crippen LogP contribution is -2.56. The summed E-state index contributed by atoms with van der Waals surface area (Å²) in [6.45, 7) is 0.290. The second-order valence-electron chi connectivity index (χ2n) is 9.46. The molecule has 0 spiro atoms. The van der Waals surface area contributed by atoms with Gasteiger partial charge in [0.15, 0.2) is 0 Å². The first kappa shape index (κ1) is 20.4. The highest BCUT2D eigenvalue weighted by Gasteiger charge is 2.55. The third kappa shape index (κ3) is 3.36. The molecule has 4 aliphatic carbocycles. The second kappa shape index (κ2) is 7.27. The van der Waals surface area contributed by atoms with Gasteiger partial charge >= 0.3 is 5.97 Å². The number of amides is 1. The molecule has 1 heterocycles. The van der Waals surface area contributed by atoms with Gasteiger partial charge in [0.25, 0.3) is 5.91 Å². The molecular weight excluding hydrogens is 432 g/mol. The lowest BCUT2D eigenvalue weighted by atomic mass is 9.54. The molecule has 1 amide bonds. The SMILES string of the molecule is O=C(O)[C@@H]1CCCN1C(=O)c1cc(Cl)c(OC2[C@@H]3C[C@H]4C[C@H]2C[C@](Cl)(C4)C3)cc1F. The lowest BCUT2D eigenvalue weighted by Gasteiger charge is -2.57. The second-order valence-corrected chi connectivity index (χ2v) is 10.7. The van der Waals surface area contributed by atoms with Crippen molar-refractivity contribution < 1.29 is 23.8 Å². The number of carbonyl (C=O) groups excluding carboxylic acids is 1. The zero-order chi connectivity index (χ0) is 21.2. The summed E-state index contributed by atoms with van der Waals surface area (Å²) >= 11 is 13.2. The van der Waals surface area contributed by atoms with E-state index in [4.69, 9.17) is 27.9 Å². The molecular formula is C22H24Cl2FNO4. The summed E-state index contributed by atoms with van der Waals surface area (Å²) in [6, 6.07) is 1.51. The van der Waals surface area contributed by atoms with Gasteiger partial charge in [-0.1, -0.05) is 11.6 Å². The van der Waals surface area contributed by atoms with Gasteiger partial charge in [-0.15, -0.1) is 11.6 Å². The van der Waals surface area contributed by atoms with Crippen LogP contribution in [-0.2, 0) is 4.79 Å². The highest BCUT2D eigenvalue weighted by atomic mass is 35.5. The van der Waals surface area contributed by atoms with Crippen LogP contribution in [0.15, 0.2) is 12.1 Å². The number of halogens is 3. The van der Waals surface area contributed by atoms with Crippen molar-refractivity contribution in [3.05, 3.63) is 28.5 Å². The number of rotatable bonds is 4. The molecule has 30 heavy (non-hydrogen) atoms. The van der Waals surface area contributed by atoms with Crippen molar-refractivity contribution in [2.45, 2.75) is 62.0 Å². The monoisotopic (exact) mass is 455 g/mol. The van der Waals surface area contributed by atoms with Gasteiger partial charge in [-0.05, 0) is 68.8 Å². The first-order chi connectivity index (χ1) is 14.2. The molecule has 0 radical (unpaired) electrons. The summed E-state index contributed by atoms with van der Waals surface area (Å²) in [5.41, 5.74) is -0.217. The number of hydrogen-bond acceptors (Lipinski definition) is 3. The third-order valence-electron chi connectivity index (χ3n) is 7.43. The van der Waals surface area contributed by atoms with Crippen LogP contribution in [0.5, 0.6) is 5.75 Å². The Kier molecular flexibility index (Phi) is 4.93. The van der Waals surface area contributed by atoms with Gasteiger partial charge in [0.1, 0.15) is 23.7 Å². The van der Waals surface area contributed by atoms with Crippen LogP contribution in [0.25, 0.3) is 0 Å². The zero-order valence-electron chi connectivity index (χ0n) is 16.5. The molecule has 8 heteroatoms. The average Bonchev–Trinajstić information content (AvgIpc) is 3.15. The molecule has 1 aromatic carbocycles. The maximum Gasteiger partial charge on any atom is 0.326 e. The predicted molar refractivity (Wildman–Crippen MR) is 110 cm³/mol. The smallest absolute Gasteiger partial charge is 0.326 e. The maximum atomic E-state index is 14.9. The number of carbonyl (C=O) groups is 2. The van der Waals surface area contributed by atoms with E-state index < -0.39 is 23.7 Å². The molecule has 1 saturated heterocycles. The molecule has 1 unspecified atom stereocenters. The van der Waals surface area contributed by atoms with Gasteiger partial charge in [-0.3, -0.25) is 4.79 Å². The van der Waals surface area contributed by atoms with Gasteiger partial charge in [0.05, 0.1) is 10.6 Å². The van der Waals surface area contributed by atoms with Crippen molar-refractivity contribution in [1.82, 2.24) is 4.90 Å². The van der Waals surface area contributed by atoms with Gasteiger partial charge < -0.3 is 14.7 Å². The zero-order valence-corrected chi connectivity index (χ0v) is 18.0. The first-order valence-corrected chi connectivity index (χ1v) is 11.4. The van der Waals surface area contributed by atoms with Crippen LogP contribution in [0.4, 0.5) is 4.39 Å². The van der Waals surface area contributed by atoms with E-state index in [9.17, 15) is 19.1 Å². The Bertz CT molecular complexity index is 893. The average molecular weight is 456 g/mol. The number of alkyl halides is 1. The van der Waals surface area contributed by atoms with Crippen molar-refractivity contribution in [2.75, 3.05) is 6.54 Å². The number of likely N-dealkylation sites (tertiary alicyclic amines) is 1. The van der Waals surface area contributed by atoms with Crippen LogP contribution in [0, 0.1) is 23.6 Å². The summed E-state index contributed by atoms with van der Waals surface area (Å²) in [6.07, 6.45) is 5.96. The van der Waals surface area contributed by atoms with Gasteiger partial charge in [-0.25, -0.2) is 9.18 Å². The summed E-state index contributed by atoms with van der Waals surface area (Å²) < 4.78 is 21.1. The first-order valence-electron chi connectivity index (χ1n) is 10.6. The normalized spacial score (nSPS) is 36.9. The number of hydrogen-bond donors (Lipinski definition) is 1. The largest absolute Gasteiger partial charge is 0.488 e. The number of aliphatic carboxylic acids is 1. The van der Waals surface area contributed by atoms with E-state index in [1.807, 2.05) is 0 Å². The van der Waals surface area contributed by atoms with Crippen molar-refractivity contribution in [3.8, 4) is 5.75 Å². The van der Waals surface area contributed by atoms with Crippen LogP contribution < -0.4 is 4.74 Å². The molecule has 6 atom stereocenters. The molecule has 5 aliphatic rings. The molecule has 5 fully saturated rings. The molecule has 1 aliphatic heterocycles. The molecule has 0 aromatic heterocycles. The highest BCUT2D eigenvalue weighted by Crippen LogP contribution is 2.59. The number of carboxylic acid groups (broad SMARTS) is 1. The van der Waals surface area contributed by atoms with Crippen LogP contribution in [-0.4, -0.2) is 45.4 Å². The Balaban J connectivity index is 1.36. The van der Waals surface area contributed by atoms with Crippen LogP contribution in [0.1, 0.15) is 55.3 Å². The van der Waals surface area contributed by atoms with E-state index in [0.717, 1.165) is 32.1 Å². The van der Waals surface area contributed by atoms with Gasteiger partial charge in [0, 0.05) is 17.5 Å². The highest BCUT2D eigenvalue weighted by molar-refractivity contribution is 6.32.